The zero-order chi connectivity index (χ0) is 14.0. The Morgan fingerprint density at radius 3 is 2.58 bits per heavy atom. The van der Waals surface area contributed by atoms with Gasteiger partial charge < -0.3 is 10.0 Å². The van der Waals surface area contributed by atoms with Crippen LogP contribution < -0.4 is 0 Å². The maximum absolute atomic E-state index is 12.3. The monoisotopic (exact) mass is 373 g/mol. The van der Waals surface area contributed by atoms with E-state index in [0.29, 0.717) is 18.4 Å². The molecule has 0 heterocycles. The Balaban J connectivity index is 2.10. The van der Waals surface area contributed by atoms with E-state index in [4.69, 9.17) is 0 Å². The molecule has 0 aliphatic heterocycles. The van der Waals surface area contributed by atoms with Gasteiger partial charge in [0.25, 0.3) is 5.91 Å². The van der Waals surface area contributed by atoms with E-state index in [9.17, 15) is 14.7 Å². The lowest BCUT2D eigenvalue weighted by Crippen LogP contribution is -2.39. The van der Waals surface area contributed by atoms with Gasteiger partial charge in [-0.2, -0.15) is 0 Å². The second kappa shape index (κ2) is 5.90. The average Bonchev–Trinajstić information content (AvgIpc) is 2.41. The molecule has 1 fully saturated rings. The summed E-state index contributed by atoms with van der Waals surface area (Å²) in [4.78, 5) is 25.2. The van der Waals surface area contributed by atoms with Crippen LogP contribution in [0.1, 0.15) is 36.0 Å². The molecule has 4 nitrogen and oxygen atoms in total. The van der Waals surface area contributed by atoms with Gasteiger partial charge in [-0.05, 0) is 53.6 Å². The Bertz CT molecular complexity index is 505. The van der Waals surface area contributed by atoms with Crippen LogP contribution in [0.15, 0.2) is 18.2 Å². The van der Waals surface area contributed by atoms with E-state index in [1.165, 1.54) is 6.07 Å². The Hall–Kier alpha value is -1.11. The number of carbonyl (C=O) groups excluding carboxylic acids is 2. The molecule has 0 radical (unpaired) electrons. The fraction of sp³-hybridized carbons (Fsp3) is 0.429. The highest BCUT2D eigenvalue weighted by Crippen LogP contribution is 2.24. The van der Waals surface area contributed by atoms with Crippen molar-refractivity contribution in [3.63, 3.8) is 0 Å². The van der Waals surface area contributed by atoms with Crippen molar-refractivity contribution >= 4 is 34.3 Å². The smallest absolute Gasteiger partial charge is 0.253 e. The first-order valence-corrected chi connectivity index (χ1v) is 7.34. The van der Waals surface area contributed by atoms with Gasteiger partial charge in [0.2, 0.25) is 0 Å². The van der Waals surface area contributed by atoms with Crippen molar-refractivity contribution < 1.29 is 14.7 Å². The largest absolute Gasteiger partial charge is 0.507 e. The summed E-state index contributed by atoms with van der Waals surface area (Å²) in [5, 5.41) is 9.65. The fourth-order valence-corrected chi connectivity index (χ4v) is 2.66. The van der Waals surface area contributed by atoms with Crippen LogP contribution in [0.2, 0.25) is 0 Å². The highest BCUT2D eigenvalue weighted by molar-refractivity contribution is 14.1. The van der Waals surface area contributed by atoms with Crippen molar-refractivity contribution in [2.45, 2.75) is 31.7 Å². The number of halogens is 1. The minimum absolute atomic E-state index is 0.106. The van der Waals surface area contributed by atoms with E-state index in [0.717, 1.165) is 16.4 Å². The van der Waals surface area contributed by atoms with Gasteiger partial charge >= 0.3 is 0 Å². The normalized spacial score (nSPS) is 16.4. The van der Waals surface area contributed by atoms with Crippen LogP contribution in [0.5, 0.6) is 5.75 Å². The third kappa shape index (κ3) is 3.26. The molecule has 1 aromatic carbocycles. The highest BCUT2D eigenvalue weighted by atomic mass is 127. The van der Waals surface area contributed by atoms with Gasteiger partial charge in [-0.3, -0.25) is 9.59 Å². The summed E-state index contributed by atoms with van der Waals surface area (Å²) in [5.74, 6) is 0.300. The first-order valence-electron chi connectivity index (χ1n) is 6.26. The summed E-state index contributed by atoms with van der Waals surface area (Å²) in [7, 11) is 1.76. The maximum Gasteiger partial charge on any atom is 0.253 e. The predicted molar refractivity (Wildman–Crippen MR) is 80.2 cm³/mol. The van der Waals surface area contributed by atoms with Crippen LogP contribution >= 0.6 is 22.6 Å². The molecule has 2 rings (SSSR count). The molecule has 19 heavy (non-hydrogen) atoms. The van der Waals surface area contributed by atoms with Gasteiger partial charge in [-0.1, -0.05) is 0 Å². The molecule has 0 saturated heterocycles. The number of ketones is 1. The van der Waals surface area contributed by atoms with Gasteiger partial charge in [-0.15, -0.1) is 0 Å². The van der Waals surface area contributed by atoms with Gasteiger partial charge in [0.05, 0.1) is 3.57 Å². The highest BCUT2D eigenvalue weighted by Gasteiger charge is 2.26. The van der Waals surface area contributed by atoms with Crippen LogP contribution in [-0.2, 0) is 4.79 Å². The Morgan fingerprint density at radius 2 is 2.00 bits per heavy atom. The quantitative estimate of drug-likeness (QED) is 0.811. The summed E-state index contributed by atoms with van der Waals surface area (Å²) in [5.41, 5.74) is 0.484. The number of aromatic hydroxyl groups is 1. The number of hydrogen-bond acceptors (Lipinski definition) is 3. The average molecular weight is 373 g/mol. The molecule has 0 bridgehead atoms. The first kappa shape index (κ1) is 14.3. The van der Waals surface area contributed by atoms with Gasteiger partial charge in [0.15, 0.2) is 0 Å². The number of rotatable bonds is 2. The number of hydrogen-bond donors (Lipinski definition) is 1. The van der Waals surface area contributed by atoms with E-state index >= 15 is 0 Å². The fourth-order valence-electron chi connectivity index (χ4n) is 2.33. The molecule has 1 amide bonds. The van der Waals surface area contributed by atoms with Crippen molar-refractivity contribution in [3.05, 3.63) is 27.3 Å². The molecule has 1 N–H and O–H groups in total. The minimum Gasteiger partial charge on any atom is -0.507 e. The summed E-state index contributed by atoms with van der Waals surface area (Å²) in [6.45, 7) is 0. The number of carbonyl (C=O) groups is 2. The zero-order valence-corrected chi connectivity index (χ0v) is 12.9. The number of nitrogens with zero attached hydrogens (tertiary/aromatic N) is 1. The summed E-state index contributed by atoms with van der Waals surface area (Å²) in [6, 6.07) is 5.05. The lowest BCUT2D eigenvalue weighted by molar-refractivity contribution is -0.121. The Morgan fingerprint density at radius 1 is 1.37 bits per heavy atom. The maximum atomic E-state index is 12.3. The van der Waals surface area contributed by atoms with Gasteiger partial charge in [0, 0.05) is 31.5 Å². The summed E-state index contributed by atoms with van der Waals surface area (Å²) in [6.07, 6.45) is 2.58. The second-order valence-corrected chi connectivity index (χ2v) is 6.01. The van der Waals surface area contributed by atoms with E-state index in [-0.39, 0.29) is 23.5 Å². The second-order valence-electron chi connectivity index (χ2n) is 4.85. The van der Waals surface area contributed by atoms with Crippen molar-refractivity contribution in [1.82, 2.24) is 4.90 Å². The Labute approximate surface area is 125 Å². The number of phenols is 1. The molecule has 0 spiro atoms. The zero-order valence-electron chi connectivity index (χ0n) is 10.7. The van der Waals surface area contributed by atoms with E-state index in [2.05, 4.69) is 0 Å². The van der Waals surface area contributed by atoms with Gasteiger partial charge in [0.1, 0.15) is 11.5 Å². The third-order valence-electron chi connectivity index (χ3n) is 3.57. The van der Waals surface area contributed by atoms with Crippen LogP contribution in [0.3, 0.4) is 0 Å². The predicted octanol–water partition coefficient (Wildman–Crippen LogP) is 2.58. The molecule has 1 aliphatic carbocycles. The molecule has 5 heteroatoms. The number of phenolic OH excluding ortho intramolecular Hbond substituents is 1. The Kier molecular flexibility index (Phi) is 4.44. The van der Waals surface area contributed by atoms with E-state index in [1.807, 2.05) is 22.6 Å². The molecular weight excluding hydrogens is 357 g/mol. The molecule has 0 atom stereocenters. The number of amides is 1. The molecule has 102 valence electrons. The van der Waals surface area contributed by atoms with Crippen molar-refractivity contribution in [3.8, 4) is 5.75 Å². The van der Waals surface area contributed by atoms with Crippen LogP contribution in [0.4, 0.5) is 0 Å². The lowest BCUT2D eigenvalue weighted by Gasteiger charge is -2.30. The number of benzene rings is 1. The topological polar surface area (TPSA) is 57.6 Å². The number of Topliss-reactive ketones (excluding diaryl/α,β-unsaturated/α-hetero) is 1. The van der Waals surface area contributed by atoms with Crippen molar-refractivity contribution in [2.24, 2.45) is 0 Å². The molecular formula is C14H16INO3. The first-order chi connectivity index (χ1) is 8.99. The summed E-state index contributed by atoms with van der Waals surface area (Å²) >= 11 is 2.01. The van der Waals surface area contributed by atoms with Crippen LogP contribution in [0.25, 0.3) is 0 Å². The van der Waals surface area contributed by atoms with Crippen molar-refractivity contribution in [1.29, 1.82) is 0 Å². The van der Waals surface area contributed by atoms with Crippen LogP contribution in [0, 0.1) is 3.57 Å². The molecule has 0 aromatic heterocycles. The molecule has 1 aromatic rings. The minimum atomic E-state index is -0.106. The lowest BCUT2D eigenvalue weighted by atomic mass is 9.93. The van der Waals surface area contributed by atoms with Gasteiger partial charge in [-0.25, -0.2) is 0 Å². The molecule has 0 unspecified atom stereocenters. The van der Waals surface area contributed by atoms with E-state index in [1.54, 1.807) is 24.1 Å². The van der Waals surface area contributed by atoms with E-state index < -0.39 is 0 Å². The molecule has 1 aliphatic rings. The molecule has 1 saturated carbocycles. The standard InChI is InChI=1S/C14H16INO3/c1-16(10-3-5-11(17)6-4-10)14(19)9-2-7-12(15)13(18)8-9/h2,7-8,10,18H,3-6H2,1H3. The van der Waals surface area contributed by atoms with Crippen LogP contribution in [-0.4, -0.2) is 34.8 Å². The van der Waals surface area contributed by atoms with Crippen molar-refractivity contribution in [2.75, 3.05) is 7.05 Å². The third-order valence-corrected chi connectivity index (χ3v) is 4.49. The summed E-state index contributed by atoms with van der Waals surface area (Å²) < 4.78 is 0.722. The SMILES string of the molecule is CN(C(=O)c1ccc(I)c(O)c1)C1CCC(=O)CC1.